The molecule has 1 aromatic carbocycles. The highest BCUT2D eigenvalue weighted by Gasteiger charge is 2.12. The molecule has 2 rings (SSSR count). The van der Waals surface area contributed by atoms with Gasteiger partial charge in [-0.05, 0) is 24.3 Å². The molecule has 0 fully saturated rings. The SMILES string of the molecule is Cn1c(C(=O)O)cnc1COc1ccc(O)cc1. The maximum atomic E-state index is 10.8. The third-order valence-corrected chi connectivity index (χ3v) is 2.51. The Kier molecular flexibility index (Phi) is 3.18. The van der Waals surface area contributed by atoms with E-state index in [1.807, 2.05) is 0 Å². The van der Waals surface area contributed by atoms with E-state index in [0.717, 1.165) is 0 Å². The number of aromatic carboxylic acids is 1. The molecule has 1 aromatic heterocycles. The van der Waals surface area contributed by atoms with Crippen LogP contribution >= 0.6 is 0 Å². The highest BCUT2D eigenvalue weighted by molar-refractivity contribution is 5.85. The smallest absolute Gasteiger partial charge is 0.354 e. The Labute approximate surface area is 103 Å². The summed E-state index contributed by atoms with van der Waals surface area (Å²) in [6.45, 7) is 0.161. The van der Waals surface area contributed by atoms with E-state index >= 15 is 0 Å². The molecule has 0 bridgehead atoms. The molecule has 0 saturated carbocycles. The summed E-state index contributed by atoms with van der Waals surface area (Å²) in [7, 11) is 1.62. The van der Waals surface area contributed by atoms with Crippen molar-refractivity contribution < 1.29 is 19.7 Å². The number of hydrogen-bond donors (Lipinski definition) is 2. The van der Waals surface area contributed by atoms with Gasteiger partial charge in [0, 0.05) is 7.05 Å². The molecule has 0 aliphatic heterocycles. The Hall–Kier alpha value is -2.50. The monoisotopic (exact) mass is 248 g/mol. The van der Waals surface area contributed by atoms with Gasteiger partial charge in [0.05, 0.1) is 6.20 Å². The lowest BCUT2D eigenvalue weighted by atomic mass is 10.3. The molecule has 18 heavy (non-hydrogen) atoms. The van der Waals surface area contributed by atoms with E-state index in [9.17, 15) is 4.79 Å². The van der Waals surface area contributed by atoms with Crippen molar-refractivity contribution in [1.82, 2.24) is 9.55 Å². The van der Waals surface area contributed by atoms with Crippen molar-refractivity contribution in [3.63, 3.8) is 0 Å². The Morgan fingerprint density at radius 1 is 1.39 bits per heavy atom. The molecule has 0 amide bonds. The minimum Gasteiger partial charge on any atom is -0.508 e. The zero-order valence-electron chi connectivity index (χ0n) is 9.70. The highest BCUT2D eigenvalue weighted by atomic mass is 16.5. The van der Waals surface area contributed by atoms with Crippen LogP contribution in [-0.2, 0) is 13.7 Å². The van der Waals surface area contributed by atoms with Gasteiger partial charge in [0.2, 0.25) is 0 Å². The van der Waals surface area contributed by atoms with Gasteiger partial charge in [-0.1, -0.05) is 0 Å². The van der Waals surface area contributed by atoms with Crippen LogP contribution in [-0.4, -0.2) is 25.7 Å². The van der Waals surface area contributed by atoms with Gasteiger partial charge in [-0.2, -0.15) is 0 Å². The van der Waals surface area contributed by atoms with Gasteiger partial charge in [-0.3, -0.25) is 0 Å². The molecule has 94 valence electrons. The largest absolute Gasteiger partial charge is 0.508 e. The van der Waals surface area contributed by atoms with E-state index in [0.29, 0.717) is 11.6 Å². The molecule has 0 unspecified atom stereocenters. The first kappa shape index (κ1) is 12.0. The molecule has 6 nitrogen and oxygen atoms in total. The highest BCUT2D eigenvalue weighted by Crippen LogP contribution is 2.17. The number of carbonyl (C=O) groups is 1. The van der Waals surface area contributed by atoms with Crippen molar-refractivity contribution in [1.29, 1.82) is 0 Å². The van der Waals surface area contributed by atoms with E-state index < -0.39 is 5.97 Å². The van der Waals surface area contributed by atoms with E-state index in [1.165, 1.54) is 22.9 Å². The van der Waals surface area contributed by atoms with Crippen LogP contribution in [0.5, 0.6) is 11.5 Å². The zero-order chi connectivity index (χ0) is 13.1. The maximum Gasteiger partial charge on any atom is 0.354 e. The third-order valence-electron chi connectivity index (χ3n) is 2.51. The van der Waals surface area contributed by atoms with Crippen LogP contribution in [0.1, 0.15) is 16.3 Å². The van der Waals surface area contributed by atoms with Gasteiger partial charge in [0.1, 0.15) is 29.6 Å². The average molecular weight is 248 g/mol. The predicted octanol–water partition coefficient (Wildman–Crippen LogP) is 1.40. The molecule has 0 spiro atoms. The van der Waals surface area contributed by atoms with Crippen molar-refractivity contribution in [3.8, 4) is 11.5 Å². The first-order valence-corrected chi connectivity index (χ1v) is 5.23. The second kappa shape index (κ2) is 4.79. The van der Waals surface area contributed by atoms with Gasteiger partial charge in [0.25, 0.3) is 0 Å². The second-order valence-electron chi connectivity index (χ2n) is 3.71. The molecule has 2 aromatic rings. The van der Waals surface area contributed by atoms with Gasteiger partial charge in [-0.25, -0.2) is 9.78 Å². The second-order valence-corrected chi connectivity index (χ2v) is 3.71. The standard InChI is InChI=1S/C12H12N2O4/c1-14-10(12(16)17)6-13-11(14)7-18-9-4-2-8(15)3-5-9/h2-6,15H,7H2,1H3,(H,16,17). The summed E-state index contributed by atoms with van der Waals surface area (Å²) in [6, 6.07) is 6.26. The number of benzene rings is 1. The van der Waals surface area contributed by atoms with Crippen molar-refractivity contribution in [2.24, 2.45) is 7.05 Å². The lowest BCUT2D eigenvalue weighted by Gasteiger charge is -2.06. The van der Waals surface area contributed by atoms with E-state index in [2.05, 4.69) is 4.98 Å². The van der Waals surface area contributed by atoms with Gasteiger partial charge < -0.3 is 19.5 Å². The Balaban J connectivity index is 2.06. The number of phenolic OH excluding ortho intramolecular Hbond substituents is 1. The molecule has 0 radical (unpaired) electrons. The number of imidazole rings is 1. The summed E-state index contributed by atoms with van der Waals surface area (Å²) in [5, 5.41) is 18.0. The number of nitrogens with zero attached hydrogens (tertiary/aromatic N) is 2. The quantitative estimate of drug-likeness (QED) is 0.854. The molecule has 0 atom stereocenters. The lowest BCUT2D eigenvalue weighted by Crippen LogP contribution is -2.09. The maximum absolute atomic E-state index is 10.8. The van der Waals surface area contributed by atoms with Crippen LogP contribution in [0.3, 0.4) is 0 Å². The van der Waals surface area contributed by atoms with Crippen molar-refractivity contribution in [2.75, 3.05) is 0 Å². The summed E-state index contributed by atoms with van der Waals surface area (Å²) in [6.07, 6.45) is 1.29. The third kappa shape index (κ3) is 2.42. The van der Waals surface area contributed by atoms with E-state index in [-0.39, 0.29) is 18.1 Å². The van der Waals surface area contributed by atoms with Crippen LogP contribution < -0.4 is 4.74 Å². The predicted molar refractivity (Wildman–Crippen MR) is 62.6 cm³/mol. The summed E-state index contributed by atoms with van der Waals surface area (Å²) in [5.74, 6) is 0.224. The fraction of sp³-hybridized carbons (Fsp3) is 0.167. The normalized spacial score (nSPS) is 10.3. The summed E-state index contributed by atoms with van der Waals surface area (Å²) in [4.78, 5) is 14.8. The van der Waals surface area contributed by atoms with E-state index in [1.54, 1.807) is 19.2 Å². The Bertz CT molecular complexity index is 560. The topological polar surface area (TPSA) is 84.6 Å². The Morgan fingerprint density at radius 3 is 2.61 bits per heavy atom. The van der Waals surface area contributed by atoms with Gasteiger partial charge in [0.15, 0.2) is 0 Å². The average Bonchev–Trinajstić information content (AvgIpc) is 2.70. The molecule has 6 heteroatoms. The van der Waals surface area contributed by atoms with Crippen LogP contribution in [0.25, 0.3) is 0 Å². The Morgan fingerprint density at radius 2 is 2.06 bits per heavy atom. The first-order chi connectivity index (χ1) is 8.58. The van der Waals surface area contributed by atoms with Crippen molar-refractivity contribution in [2.45, 2.75) is 6.61 Å². The van der Waals surface area contributed by atoms with Gasteiger partial charge >= 0.3 is 5.97 Å². The molecular formula is C12H12N2O4. The summed E-state index contributed by atoms with van der Waals surface area (Å²) in [5.41, 5.74) is 0.110. The van der Waals surface area contributed by atoms with Crippen LogP contribution in [0.4, 0.5) is 0 Å². The number of rotatable bonds is 4. The van der Waals surface area contributed by atoms with Crippen molar-refractivity contribution >= 4 is 5.97 Å². The van der Waals surface area contributed by atoms with Crippen LogP contribution in [0, 0.1) is 0 Å². The zero-order valence-corrected chi connectivity index (χ0v) is 9.70. The minimum atomic E-state index is -1.03. The van der Waals surface area contributed by atoms with Crippen molar-refractivity contribution in [3.05, 3.63) is 42.0 Å². The number of aromatic hydroxyl groups is 1. The number of carboxylic acid groups (broad SMARTS) is 1. The van der Waals surface area contributed by atoms with E-state index in [4.69, 9.17) is 14.9 Å². The summed E-state index contributed by atoms with van der Waals surface area (Å²) >= 11 is 0. The molecule has 0 saturated heterocycles. The lowest BCUT2D eigenvalue weighted by molar-refractivity contribution is 0.0686. The molecule has 0 aliphatic rings. The number of ether oxygens (including phenoxy) is 1. The summed E-state index contributed by atoms with van der Waals surface area (Å²) < 4.78 is 6.89. The first-order valence-electron chi connectivity index (χ1n) is 5.23. The molecule has 2 N–H and O–H groups in total. The van der Waals surface area contributed by atoms with Gasteiger partial charge in [-0.15, -0.1) is 0 Å². The molecular weight excluding hydrogens is 236 g/mol. The molecule has 0 aliphatic carbocycles. The fourth-order valence-corrected chi connectivity index (χ4v) is 1.47. The minimum absolute atomic E-state index is 0.110. The number of carboxylic acids is 1. The van der Waals surface area contributed by atoms with Crippen LogP contribution in [0.2, 0.25) is 0 Å². The number of hydrogen-bond acceptors (Lipinski definition) is 4. The van der Waals surface area contributed by atoms with Crippen LogP contribution in [0.15, 0.2) is 30.5 Å². The number of phenols is 1. The number of aromatic nitrogens is 2. The molecule has 1 heterocycles. The fourth-order valence-electron chi connectivity index (χ4n) is 1.47.